The number of ether oxygens (including phenoxy) is 1. The molecule has 1 unspecified atom stereocenters. The Balaban J connectivity index is 2.59. The van der Waals surface area contributed by atoms with E-state index in [0.29, 0.717) is 10.6 Å². The molecule has 1 heterocycles. The maximum atomic E-state index is 13.0. The van der Waals surface area contributed by atoms with Crippen LogP contribution in [-0.2, 0) is 6.18 Å². The molecule has 0 spiro atoms. The van der Waals surface area contributed by atoms with E-state index in [4.69, 9.17) is 22.1 Å². The van der Waals surface area contributed by atoms with Gasteiger partial charge in [-0.2, -0.15) is 18.2 Å². The number of halogens is 4. The average molecular weight is 364 g/mol. The lowest BCUT2D eigenvalue weighted by atomic mass is 10.1. The molecule has 2 rings (SSSR count). The van der Waals surface area contributed by atoms with E-state index < -0.39 is 17.1 Å². The lowest BCUT2D eigenvalue weighted by Crippen LogP contribution is -2.14. The molecule has 1 aromatic carbocycles. The molecule has 0 saturated heterocycles. The molecule has 0 radical (unpaired) electrons. The molecule has 0 aliphatic heterocycles. The minimum Gasteiger partial charge on any atom is -0.481 e. The van der Waals surface area contributed by atoms with Gasteiger partial charge < -0.3 is 10.5 Å². The first-order valence-electron chi connectivity index (χ1n) is 6.34. The van der Waals surface area contributed by atoms with Crippen molar-refractivity contribution in [2.75, 3.05) is 19.1 Å². The normalized spacial score (nSPS) is 13.0. The fourth-order valence-electron chi connectivity index (χ4n) is 1.96. The van der Waals surface area contributed by atoms with Gasteiger partial charge in [0, 0.05) is 6.07 Å². The highest BCUT2D eigenvalue weighted by Crippen LogP contribution is 2.39. The van der Waals surface area contributed by atoms with Crippen LogP contribution in [0.4, 0.5) is 18.9 Å². The average Bonchev–Trinajstić information content (AvgIpc) is 2.51. The maximum absolute atomic E-state index is 13.0. The second-order valence-electron chi connectivity index (χ2n) is 4.51. The van der Waals surface area contributed by atoms with Gasteiger partial charge in [-0.15, -0.1) is 11.8 Å². The smallest absolute Gasteiger partial charge is 0.433 e. The number of thioether (sulfide) groups is 1. The van der Waals surface area contributed by atoms with Gasteiger partial charge in [-0.05, 0) is 17.9 Å². The first-order chi connectivity index (χ1) is 10.8. The Kier molecular flexibility index (Phi) is 5.26. The Morgan fingerprint density at radius 2 is 2.00 bits per heavy atom. The fraction of sp³-hybridized carbons (Fsp3) is 0.286. The third kappa shape index (κ3) is 3.81. The van der Waals surface area contributed by atoms with Crippen molar-refractivity contribution in [3.8, 4) is 5.88 Å². The third-order valence-corrected chi connectivity index (χ3v) is 4.32. The number of aromatic nitrogens is 2. The highest BCUT2D eigenvalue weighted by Gasteiger charge is 2.35. The number of para-hydroxylation sites is 1. The van der Waals surface area contributed by atoms with Gasteiger partial charge in [-0.3, -0.25) is 0 Å². The summed E-state index contributed by atoms with van der Waals surface area (Å²) in [6.45, 7) is 0. The van der Waals surface area contributed by atoms with Gasteiger partial charge in [0.2, 0.25) is 5.88 Å². The topological polar surface area (TPSA) is 61.0 Å². The summed E-state index contributed by atoms with van der Waals surface area (Å²) >= 11 is 7.24. The highest BCUT2D eigenvalue weighted by molar-refractivity contribution is 7.99. The number of hydrogen-bond acceptors (Lipinski definition) is 5. The molecular weight excluding hydrogens is 351 g/mol. The predicted octanol–water partition coefficient (Wildman–Crippen LogP) is 4.19. The van der Waals surface area contributed by atoms with Crippen molar-refractivity contribution in [3.63, 3.8) is 0 Å². The van der Waals surface area contributed by atoms with Crippen LogP contribution >= 0.6 is 23.4 Å². The number of nitrogens with two attached hydrogens (primary N) is 1. The van der Waals surface area contributed by atoms with Crippen LogP contribution in [0.5, 0.6) is 5.88 Å². The lowest BCUT2D eigenvalue weighted by Gasteiger charge is -2.18. The summed E-state index contributed by atoms with van der Waals surface area (Å²) in [6, 6.07) is 5.70. The first-order valence-corrected chi connectivity index (χ1v) is 8.01. The molecule has 4 nitrogen and oxygen atoms in total. The maximum Gasteiger partial charge on any atom is 0.433 e. The van der Waals surface area contributed by atoms with Crippen LogP contribution in [0.3, 0.4) is 0 Å². The van der Waals surface area contributed by atoms with Crippen LogP contribution in [0.25, 0.3) is 0 Å². The van der Waals surface area contributed by atoms with Crippen LogP contribution in [0.1, 0.15) is 22.3 Å². The lowest BCUT2D eigenvalue weighted by molar-refractivity contribution is -0.141. The minimum absolute atomic E-state index is 0.0434. The number of rotatable bonds is 4. The van der Waals surface area contributed by atoms with E-state index in [9.17, 15) is 13.2 Å². The molecule has 0 amide bonds. The Hall–Kier alpha value is -1.67. The van der Waals surface area contributed by atoms with Gasteiger partial charge in [-0.25, -0.2) is 4.98 Å². The van der Waals surface area contributed by atoms with E-state index in [2.05, 4.69) is 9.97 Å². The second kappa shape index (κ2) is 6.84. The van der Waals surface area contributed by atoms with Gasteiger partial charge in [0.1, 0.15) is 5.82 Å². The molecule has 9 heteroatoms. The molecule has 23 heavy (non-hydrogen) atoms. The third-order valence-electron chi connectivity index (χ3n) is 3.06. The van der Waals surface area contributed by atoms with E-state index in [1.54, 1.807) is 24.5 Å². The number of hydrogen-bond donors (Lipinski definition) is 1. The number of methoxy groups -OCH3 is 1. The second-order valence-corrected chi connectivity index (χ2v) is 5.86. The van der Waals surface area contributed by atoms with Crippen LogP contribution in [0.2, 0.25) is 5.02 Å². The van der Waals surface area contributed by atoms with Crippen LogP contribution in [-0.4, -0.2) is 23.3 Å². The molecule has 2 aromatic rings. The van der Waals surface area contributed by atoms with Crippen molar-refractivity contribution in [2.24, 2.45) is 0 Å². The van der Waals surface area contributed by atoms with Crippen LogP contribution < -0.4 is 10.5 Å². The van der Waals surface area contributed by atoms with Crippen molar-refractivity contribution >= 4 is 29.1 Å². The van der Waals surface area contributed by atoms with Crippen LogP contribution in [0, 0.1) is 0 Å². The van der Waals surface area contributed by atoms with Crippen molar-refractivity contribution < 1.29 is 17.9 Å². The summed E-state index contributed by atoms with van der Waals surface area (Å²) in [5, 5.41) is -0.287. The molecule has 2 N–H and O–H groups in total. The van der Waals surface area contributed by atoms with Gasteiger partial charge in [0.25, 0.3) is 0 Å². The van der Waals surface area contributed by atoms with Gasteiger partial charge in [-0.1, -0.05) is 23.7 Å². The van der Waals surface area contributed by atoms with Crippen molar-refractivity contribution in [1.29, 1.82) is 0 Å². The van der Waals surface area contributed by atoms with E-state index in [0.717, 1.165) is 6.07 Å². The summed E-state index contributed by atoms with van der Waals surface area (Å²) in [7, 11) is 1.24. The molecule has 0 aliphatic carbocycles. The minimum atomic E-state index is -4.60. The fourth-order valence-corrected chi connectivity index (χ4v) is 2.92. The monoisotopic (exact) mass is 363 g/mol. The largest absolute Gasteiger partial charge is 0.481 e. The summed E-state index contributed by atoms with van der Waals surface area (Å²) in [6.07, 6.45) is -2.88. The van der Waals surface area contributed by atoms with Crippen molar-refractivity contribution in [3.05, 3.63) is 46.4 Å². The van der Waals surface area contributed by atoms with Gasteiger partial charge in [0.05, 0.1) is 23.1 Å². The van der Waals surface area contributed by atoms with Gasteiger partial charge >= 0.3 is 6.18 Å². The van der Waals surface area contributed by atoms with Crippen molar-refractivity contribution in [2.45, 2.75) is 11.4 Å². The van der Waals surface area contributed by atoms with E-state index in [1.807, 2.05) is 0 Å². The summed E-state index contributed by atoms with van der Waals surface area (Å²) in [4.78, 5) is 7.67. The SMILES string of the molecule is COc1cc(C(F)(F)F)nc(C(SC)c2cccc(Cl)c2N)n1. The summed E-state index contributed by atoms with van der Waals surface area (Å²) < 4.78 is 43.9. The predicted molar refractivity (Wildman–Crippen MR) is 84.8 cm³/mol. The zero-order valence-corrected chi connectivity index (χ0v) is 13.8. The van der Waals surface area contributed by atoms with Gasteiger partial charge in [0.15, 0.2) is 5.69 Å². The molecule has 1 atom stereocenters. The number of nitrogen functional groups attached to an aromatic ring is 1. The Bertz CT molecular complexity index is 712. The first kappa shape index (κ1) is 17.7. The standard InChI is InChI=1S/C14H13ClF3N3OS/c1-22-10-6-9(14(16,17)18)20-13(21-10)12(23-2)7-4-3-5-8(15)11(7)19/h3-6,12H,19H2,1-2H3. The highest BCUT2D eigenvalue weighted by atomic mass is 35.5. The summed E-state index contributed by atoms with van der Waals surface area (Å²) in [5.74, 6) is -0.208. The Morgan fingerprint density at radius 1 is 1.30 bits per heavy atom. The molecule has 124 valence electrons. The van der Waals surface area contributed by atoms with E-state index in [1.165, 1.54) is 18.9 Å². The quantitative estimate of drug-likeness (QED) is 0.825. The summed E-state index contributed by atoms with van der Waals surface area (Å²) in [5.41, 5.74) is 5.70. The van der Waals surface area contributed by atoms with E-state index in [-0.39, 0.29) is 17.4 Å². The van der Waals surface area contributed by atoms with E-state index >= 15 is 0 Å². The molecular formula is C14H13ClF3N3OS. The number of alkyl halides is 3. The zero-order chi connectivity index (χ0) is 17.2. The van der Waals surface area contributed by atoms with Crippen molar-refractivity contribution in [1.82, 2.24) is 9.97 Å². The molecule has 0 fully saturated rings. The Labute approximate surface area is 140 Å². The molecule has 0 bridgehead atoms. The number of anilines is 1. The molecule has 1 aromatic heterocycles. The van der Waals surface area contributed by atoms with Crippen LogP contribution in [0.15, 0.2) is 24.3 Å². The molecule has 0 aliphatic rings. The zero-order valence-electron chi connectivity index (χ0n) is 12.2. The number of nitrogens with zero attached hydrogens (tertiary/aromatic N) is 2. The Morgan fingerprint density at radius 3 is 2.57 bits per heavy atom. The number of benzene rings is 1. The molecule has 0 saturated carbocycles.